The molecule has 1 aliphatic heterocycles. The number of hydrogen-bond donors (Lipinski definition) is 1. The van der Waals surface area contributed by atoms with E-state index in [1.165, 1.54) is 18.2 Å². The Morgan fingerprint density at radius 2 is 1.76 bits per heavy atom. The molecule has 4 rings (SSSR count). The molecule has 2 heterocycles. The van der Waals surface area contributed by atoms with Gasteiger partial charge in [0.1, 0.15) is 11.6 Å². The van der Waals surface area contributed by atoms with Crippen molar-refractivity contribution in [1.29, 1.82) is 0 Å². The van der Waals surface area contributed by atoms with Gasteiger partial charge in [-0.25, -0.2) is 13.6 Å². The lowest BCUT2D eigenvalue weighted by Gasteiger charge is -2.15. The van der Waals surface area contributed by atoms with Gasteiger partial charge < -0.3 is 9.42 Å². The Balaban J connectivity index is 1.81. The number of nitrogens with zero attached hydrogens (tertiary/aromatic N) is 2. The maximum Gasteiger partial charge on any atom is 0.323 e. The second-order valence-electron chi connectivity index (χ2n) is 5.93. The van der Waals surface area contributed by atoms with Gasteiger partial charge in [-0.05, 0) is 31.0 Å². The molecule has 0 saturated carbocycles. The molecule has 1 fully saturated rings. The summed E-state index contributed by atoms with van der Waals surface area (Å²) in [5.74, 6) is -1.22. The molecule has 0 atom stereocenters. The van der Waals surface area contributed by atoms with Crippen molar-refractivity contribution in [3.63, 3.8) is 0 Å². The van der Waals surface area contributed by atoms with Gasteiger partial charge in [-0.15, -0.1) is 0 Å². The highest BCUT2D eigenvalue weighted by atomic mass is 19.1. The number of urea groups is 1. The Hall–Kier alpha value is -2.96. The van der Waals surface area contributed by atoms with E-state index >= 15 is 0 Å². The second kappa shape index (κ2) is 6.16. The molecular weight excluding hydrogens is 328 g/mol. The summed E-state index contributed by atoms with van der Waals surface area (Å²) in [7, 11) is 0. The quantitative estimate of drug-likeness (QED) is 0.750. The molecule has 3 aromatic rings. The lowest BCUT2D eigenvalue weighted by atomic mass is 10.0. The smallest absolute Gasteiger partial charge is 0.323 e. The van der Waals surface area contributed by atoms with Gasteiger partial charge in [0.2, 0.25) is 0 Å². The van der Waals surface area contributed by atoms with Crippen LogP contribution in [0.2, 0.25) is 0 Å². The average molecular weight is 343 g/mol. The number of hydrogen-bond acceptors (Lipinski definition) is 3. The zero-order chi connectivity index (χ0) is 17.4. The Kier molecular flexibility index (Phi) is 3.83. The zero-order valence-electron chi connectivity index (χ0n) is 13.3. The molecule has 2 aromatic carbocycles. The molecule has 1 aliphatic rings. The van der Waals surface area contributed by atoms with E-state index in [-0.39, 0.29) is 23.0 Å². The van der Waals surface area contributed by atoms with Crippen molar-refractivity contribution in [3.05, 3.63) is 48.0 Å². The second-order valence-corrected chi connectivity index (χ2v) is 5.93. The van der Waals surface area contributed by atoms with Crippen molar-refractivity contribution in [2.45, 2.75) is 12.8 Å². The fourth-order valence-corrected chi connectivity index (χ4v) is 3.14. The molecule has 0 bridgehead atoms. The van der Waals surface area contributed by atoms with Crippen LogP contribution in [0, 0.1) is 11.6 Å². The topological polar surface area (TPSA) is 58.4 Å². The molecule has 7 heteroatoms. The van der Waals surface area contributed by atoms with Gasteiger partial charge in [-0.2, -0.15) is 0 Å². The molecule has 1 saturated heterocycles. The molecule has 128 valence electrons. The minimum atomic E-state index is -0.689. The van der Waals surface area contributed by atoms with E-state index in [9.17, 15) is 13.6 Å². The zero-order valence-corrected chi connectivity index (χ0v) is 13.3. The van der Waals surface area contributed by atoms with Crippen LogP contribution < -0.4 is 5.32 Å². The number of anilines is 1. The fraction of sp³-hybridized carbons (Fsp3) is 0.222. The third-order valence-electron chi connectivity index (χ3n) is 4.35. The van der Waals surface area contributed by atoms with Gasteiger partial charge in [0.15, 0.2) is 11.4 Å². The van der Waals surface area contributed by atoms with Crippen LogP contribution in [0.3, 0.4) is 0 Å². The Labute approximate surface area is 142 Å². The summed E-state index contributed by atoms with van der Waals surface area (Å²) in [5.41, 5.74) is 0.455. The Bertz CT molecular complexity index is 928. The number of benzene rings is 2. The number of carbonyl (C=O) groups is 1. The number of aromatic nitrogens is 1. The number of nitrogens with one attached hydrogen (secondary N) is 1. The van der Waals surface area contributed by atoms with Gasteiger partial charge >= 0.3 is 6.03 Å². The molecule has 1 aromatic heterocycles. The molecule has 1 N–H and O–H groups in total. The van der Waals surface area contributed by atoms with Crippen LogP contribution in [-0.2, 0) is 0 Å². The summed E-state index contributed by atoms with van der Waals surface area (Å²) < 4.78 is 33.7. The van der Waals surface area contributed by atoms with Gasteiger partial charge in [0, 0.05) is 18.7 Å². The summed E-state index contributed by atoms with van der Waals surface area (Å²) in [6.45, 7) is 1.35. The van der Waals surface area contributed by atoms with E-state index < -0.39 is 11.6 Å². The summed E-state index contributed by atoms with van der Waals surface area (Å²) in [4.78, 5) is 14.0. The maximum absolute atomic E-state index is 14.2. The first-order valence-corrected chi connectivity index (χ1v) is 8.04. The van der Waals surface area contributed by atoms with Crippen LogP contribution in [0.15, 0.2) is 40.9 Å². The van der Waals surface area contributed by atoms with Crippen molar-refractivity contribution < 1.29 is 18.1 Å². The standard InChI is InChI=1S/C18H15F2N3O2/c19-12-6-4-7-13(20)15(12)11-5-3-8-14-16(11)17(22-25-14)21-18(24)23-9-1-2-10-23/h3-8H,1-2,9-10H2,(H,21,22,24). The maximum atomic E-state index is 14.2. The summed E-state index contributed by atoms with van der Waals surface area (Å²) in [6, 6.07) is 8.22. The first kappa shape index (κ1) is 15.6. The lowest BCUT2D eigenvalue weighted by Crippen LogP contribution is -2.32. The molecule has 0 unspecified atom stereocenters. The van der Waals surface area contributed by atoms with Crippen LogP contribution in [0.1, 0.15) is 12.8 Å². The third kappa shape index (κ3) is 2.71. The third-order valence-corrected chi connectivity index (χ3v) is 4.35. The normalized spacial score (nSPS) is 14.2. The number of carbonyl (C=O) groups excluding carboxylic acids is 1. The van der Waals surface area contributed by atoms with Crippen molar-refractivity contribution >= 4 is 22.8 Å². The molecule has 25 heavy (non-hydrogen) atoms. The molecular formula is C18H15F2N3O2. The molecule has 0 radical (unpaired) electrons. The van der Waals surface area contributed by atoms with Crippen molar-refractivity contribution in [2.24, 2.45) is 0 Å². The van der Waals surface area contributed by atoms with E-state index in [4.69, 9.17) is 4.52 Å². The molecule has 0 spiro atoms. The number of halogens is 2. The highest BCUT2D eigenvalue weighted by Crippen LogP contribution is 2.36. The van der Waals surface area contributed by atoms with Gasteiger partial charge in [0.25, 0.3) is 0 Å². The SMILES string of the molecule is O=C(Nc1noc2cccc(-c3c(F)cccc3F)c12)N1CCCC1. The molecule has 2 amide bonds. The van der Waals surface area contributed by atoms with E-state index in [2.05, 4.69) is 10.5 Å². The number of rotatable bonds is 2. The number of fused-ring (bicyclic) bond motifs is 1. The predicted molar refractivity (Wildman–Crippen MR) is 89.2 cm³/mol. The number of likely N-dealkylation sites (tertiary alicyclic amines) is 1. The minimum absolute atomic E-state index is 0.158. The van der Waals surface area contributed by atoms with E-state index in [0.717, 1.165) is 12.8 Å². The summed E-state index contributed by atoms with van der Waals surface area (Å²) in [5, 5.41) is 6.94. The predicted octanol–water partition coefficient (Wildman–Crippen LogP) is 4.40. The van der Waals surface area contributed by atoms with Crippen molar-refractivity contribution in [3.8, 4) is 11.1 Å². The molecule has 0 aliphatic carbocycles. The van der Waals surface area contributed by atoms with Crippen LogP contribution in [0.4, 0.5) is 19.4 Å². The Morgan fingerprint density at radius 3 is 2.48 bits per heavy atom. The molecule has 5 nitrogen and oxygen atoms in total. The average Bonchev–Trinajstić information content (AvgIpc) is 3.25. The Morgan fingerprint density at radius 1 is 1.08 bits per heavy atom. The summed E-state index contributed by atoms with van der Waals surface area (Å²) in [6.07, 6.45) is 1.91. The van der Waals surface area contributed by atoms with Crippen LogP contribution >= 0.6 is 0 Å². The van der Waals surface area contributed by atoms with E-state index in [1.54, 1.807) is 23.1 Å². The monoisotopic (exact) mass is 343 g/mol. The number of amides is 2. The minimum Gasteiger partial charge on any atom is -0.354 e. The van der Waals surface area contributed by atoms with Gasteiger partial charge in [-0.1, -0.05) is 23.4 Å². The fourth-order valence-electron chi connectivity index (χ4n) is 3.14. The highest BCUT2D eigenvalue weighted by molar-refractivity contribution is 6.05. The highest BCUT2D eigenvalue weighted by Gasteiger charge is 2.23. The van der Waals surface area contributed by atoms with Crippen molar-refractivity contribution in [2.75, 3.05) is 18.4 Å². The van der Waals surface area contributed by atoms with E-state index in [0.29, 0.717) is 24.1 Å². The van der Waals surface area contributed by atoms with Crippen LogP contribution in [-0.4, -0.2) is 29.2 Å². The summed E-state index contributed by atoms with van der Waals surface area (Å²) >= 11 is 0. The first-order valence-electron chi connectivity index (χ1n) is 8.04. The van der Waals surface area contributed by atoms with Gasteiger partial charge in [0.05, 0.1) is 10.9 Å². The van der Waals surface area contributed by atoms with E-state index in [1.807, 2.05) is 0 Å². The van der Waals surface area contributed by atoms with Gasteiger partial charge in [-0.3, -0.25) is 5.32 Å². The lowest BCUT2D eigenvalue weighted by molar-refractivity contribution is 0.222. The van der Waals surface area contributed by atoms with Crippen molar-refractivity contribution in [1.82, 2.24) is 10.1 Å². The van der Waals surface area contributed by atoms with Crippen LogP contribution in [0.5, 0.6) is 0 Å². The largest absolute Gasteiger partial charge is 0.354 e. The first-order chi connectivity index (χ1) is 12.1. The van der Waals surface area contributed by atoms with Crippen LogP contribution in [0.25, 0.3) is 22.1 Å².